The standard InChI is InChI=1S/C15H22O3/c1-8-4-5-11(6-10(3)15(17)18)13-9(2)7-12(16)14(8)13/h6,8,11-12,14,16H,4-5,7H2,1-3H3,(H,17,18)/b10-6-/t8-,11+,12-,14+/m1/s1. The quantitative estimate of drug-likeness (QED) is 0.585. The van der Waals surface area contributed by atoms with Crippen molar-refractivity contribution >= 4 is 5.97 Å². The van der Waals surface area contributed by atoms with Crippen LogP contribution in [0.1, 0.15) is 40.0 Å². The van der Waals surface area contributed by atoms with Gasteiger partial charge in [0, 0.05) is 11.5 Å². The van der Waals surface area contributed by atoms with Crippen molar-refractivity contribution in [2.24, 2.45) is 17.8 Å². The zero-order chi connectivity index (χ0) is 13.4. The minimum Gasteiger partial charge on any atom is -0.478 e. The van der Waals surface area contributed by atoms with Gasteiger partial charge in [0.1, 0.15) is 0 Å². The molecule has 2 N–H and O–H groups in total. The molecule has 2 rings (SSSR count). The van der Waals surface area contributed by atoms with E-state index in [4.69, 9.17) is 5.11 Å². The third kappa shape index (κ3) is 2.24. The van der Waals surface area contributed by atoms with Crippen LogP contribution < -0.4 is 0 Å². The number of hydrogen-bond acceptors (Lipinski definition) is 2. The molecule has 2 aliphatic rings. The number of rotatable bonds is 2. The lowest BCUT2D eigenvalue weighted by Gasteiger charge is -2.35. The first-order valence-electron chi connectivity index (χ1n) is 6.71. The van der Waals surface area contributed by atoms with Crippen LogP contribution in [0.15, 0.2) is 22.8 Å². The van der Waals surface area contributed by atoms with E-state index in [0.29, 0.717) is 11.5 Å². The Morgan fingerprint density at radius 3 is 2.67 bits per heavy atom. The van der Waals surface area contributed by atoms with Gasteiger partial charge in [0.25, 0.3) is 0 Å². The summed E-state index contributed by atoms with van der Waals surface area (Å²) in [5.74, 6) is 0.102. The zero-order valence-electron chi connectivity index (χ0n) is 11.3. The second-order valence-electron chi connectivity index (χ2n) is 5.85. The Bertz CT molecular complexity index is 419. The second kappa shape index (κ2) is 4.88. The molecule has 0 spiro atoms. The highest BCUT2D eigenvalue weighted by molar-refractivity contribution is 5.85. The molecule has 100 valence electrons. The van der Waals surface area contributed by atoms with Gasteiger partial charge < -0.3 is 10.2 Å². The summed E-state index contributed by atoms with van der Waals surface area (Å²) in [5.41, 5.74) is 2.98. The van der Waals surface area contributed by atoms with Crippen LogP contribution >= 0.6 is 0 Å². The molecule has 0 aromatic carbocycles. The van der Waals surface area contributed by atoms with E-state index in [1.807, 2.05) is 6.08 Å². The lowest BCUT2D eigenvalue weighted by Crippen LogP contribution is -2.30. The average molecular weight is 250 g/mol. The number of aliphatic hydroxyl groups excluding tert-OH is 1. The van der Waals surface area contributed by atoms with Gasteiger partial charge in [0.2, 0.25) is 0 Å². The van der Waals surface area contributed by atoms with Gasteiger partial charge in [-0.2, -0.15) is 0 Å². The Labute approximate surface area is 108 Å². The Morgan fingerprint density at radius 2 is 2.06 bits per heavy atom. The minimum absolute atomic E-state index is 0.208. The fourth-order valence-electron chi connectivity index (χ4n) is 3.62. The summed E-state index contributed by atoms with van der Waals surface area (Å²) < 4.78 is 0. The molecule has 0 aromatic heterocycles. The van der Waals surface area contributed by atoms with E-state index in [2.05, 4.69) is 13.8 Å². The molecule has 0 unspecified atom stereocenters. The number of carboxylic acid groups (broad SMARTS) is 1. The van der Waals surface area contributed by atoms with Gasteiger partial charge in [-0.3, -0.25) is 0 Å². The smallest absolute Gasteiger partial charge is 0.330 e. The number of hydrogen-bond donors (Lipinski definition) is 2. The predicted octanol–water partition coefficient (Wildman–Crippen LogP) is 2.76. The van der Waals surface area contributed by atoms with Crippen LogP contribution in [0.4, 0.5) is 0 Å². The van der Waals surface area contributed by atoms with E-state index in [-0.39, 0.29) is 17.9 Å². The summed E-state index contributed by atoms with van der Waals surface area (Å²) in [6.45, 7) is 5.92. The van der Waals surface area contributed by atoms with Crippen LogP contribution in [-0.4, -0.2) is 22.3 Å². The van der Waals surface area contributed by atoms with Crippen molar-refractivity contribution in [1.29, 1.82) is 0 Å². The van der Waals surface area contributed by atoms with Crippen molar-refractivity contribution in [3.63, 3.8) is 0 Å². The van der Waals surface area contributed by atoms with Crippen LogP contribution in [0.25, 0.3) is 0 Å². The monoisotopic (exact) mass is 250 g/mol. The molecule has 0 aromatic rings. The van der Waals surface area contributed by atoms with Gasteiger partial charge in [0.05, 0.1) is 6.10 Å². The van der Waals surface area contributed by atoms with Crippen LogP contribution in [0.2, 0.25) is 0 Å². The average Bonchev–Trinajstić information content (AvgIpc) is 2.59. The van der Waals surface area contributed by atoms with Crippen molar-refractivity contribution < 1.29 is 15.0 Å². The fraction of sp³-hybridized carbons (Fsp3) is 0.667. The maximum atomic E-state index is 10.9. The van der Waals surface area contributed by atoms with Crippen molar-refractivity contribution in [1.82, 2.24) is 0 Å². The van der Waals surface area contributed by atoms with Gasteiger partial charge in [0.15, 0.2) is 0 Å². The van der Waals surface area contributed by atoms with E-state index < -0.39 is 5.97 Å². The van der Waals surface area contributed by atoms with E-state index in [9.17, 15) is 9.90 Å². The van der Waals surface area contributed by atoms with Crippen molar-refractivity contribution in [3.8, 4) is 0 Å². The summed E-state index contributed by atoms with van der Waals surface area (Å²) >= 11 is 0. The minimum atomic E-state index is -0.845. The van der Waals surface area contributed by atoms with E-state index >= 15 is 0 Å². The van der Waals surface area contributed by atoms with E-state index in [1.54, 1.807) is 6.92 Å². The highest BCUT2D eigenvalue weighted by Crippen LogP contribution is 2.48. The first-order valence-corrected chi connectivity index (χ1v) is 6.71. The summed E-state index contributed by atoms with van der Waals surface area (Å²) in [6, 6.07) is 0. The Hall–Kier alpha value is -1.09. The highest BCUT2D eigenvalue weighted by atomic mass is 16.4. The van der Waals surface area contributed by atoms with E-state index in [0.717, 1.165) is 19.3 Å². The molecule has 0 radical (unpaired) electrons. The largest absolute Gasteiger partial charge is 0.478 e. The lowest BCUT2D eigenvalue weighted by molar-refractivity contribution is -0.132. The van der Waals surface area contributed by atoms with Gasteiger partial charge in [-0.15, -0.1) is 0 Å². The Morgan fingerprint density at radius 1 is 1.39 bits per heavy atom. The number of carbonyl (C=O) groups is 1. The van der Waals surface area contributed by atoms with Gasteiger partial charge in [-0.1, -0.05) is 24.1 Å². The number of aliphatic carboxylic acids is 1. The fourth-order valence-corrected chi connectivity index (χ4v) is 3.62. The first-order chi connectivity index (χ1) is 8.41. The molecule has 0 amide bonds. The van der Waals surface area contributed by atoms with Crippen molar-refractivity contribution in [3.05, 3.63) is 22.8 Å². The number of allylic oxidation sites excluding steroid dienone is 1. The van der Waals surface area contributed by atoms with Crippen molar-refractivity contribution in [2.75, 3.05) is 0 Å². The maximum absolute atomic E-state index is 10.9. The predicted molar refractivity (Wildman–Crippen MR) is 70.1 cm³/mol. The Balaban J connectivity index is 2.31. The zero-order valence-corrected chi connectivity index (χ0v) is 11.3. The normalized spacial score (nSPS) is 36.8. The van der Waals surface area contributed by atoms with Crippen LogP contribution in [0.5, 0.6) is 0 Å². The van der Waals surface area contributed by atoms with Crippen LogP contribution in [0, 0.1) is 17.8 Å². The first kappa shape index (κ1) is 13.3. The number of aliphatic hydroxyl groups is 1. The summed E-state index contributed by atoms with van der Waals surface area (Å²) in [6.07, 6.45) is 4.42. The molecule has 0 heterocycles. The molecule has 1 fully saturated rings. The third-order valence-electron chi connectivity index (χ3n) is 4.52. The maximum Gasteiger partial charge on any atom is 0.330 e. The molecule has 2 aliphatic carbocycles. The summed E-state index contributed by atoms with van der Waals surface area (Å²) in [5, 5.41) is 19.1. The highest BCUT2D eigenvalue weighted by Gasteiger charge is 2.41. The summed E-state index contributed by atoms with van der Waals surface area (Å²) in [7, 11) is 0. The Kier molecular flexibility index (Phi) is 3.62. The molecule has 4 atom stereocenters. The molecule has 3 nitrogen and oxygen atoms in total. The molecular formula is C15H22O3. The van der Waals surface area contributed by atoms with Gasteiger partial charge in [-0.25, -0.2) is 4.79 Å². The SMILES string of the molecule is CC1=C2[C@@H]([C@H](C)CC[C@H]2/C=C(/C)C(=O)O)[C@H](O)C1. The molecule has 3 heteroatoms. The van der Waals surface area contributed by atoms with Gasteiger partial charge >= 0.3 is 5.97 Å². The van der Waals surface area contributed by atoms with Crippen LogP contribution in [-0.2, 0) is 4.79 Å². The van der Waals surface area contributed by atoms with Gasteiger partial charge in [-0.05, 0) is 44.9 Å². The van der Waals surface area contributed by atoms with Crippen LogP contribution in [0.3, 0.4) is 0 Å². The molecule has 0 bridgehead atoms. The number of carboxylic acids is 1. The molecule has 1 saturated carbocycles. The third-order valence-corrected chi connectivity index (χ3v) is 4.52. The topological polar surface area (TPSA) is 57.5 Å². The van der Waals surface area contributed by atoms with Crippen molar-refractivity contribution in [2.45, 2.75) is 46.1 Å². The lowest BCUT2D eigenvalue weighted by atomic mass is 9.70. The molecule has 18 heavy (non-hydrogen) atoms. The van der Waals surface area contributed by atoms with E-state index in [1.165, 1.54) is 11.1 Å². The summed E-state index contributed by atoms with van der Waals surface area (Å²) in [4.78, 5) is 10.9. The molecule has 0 aliphatic heterocycles. The number of fused-ring (bicyclic) bond motifs is 1. The molecular weight excluding hydrogens is 228 g/mol. The molecule has 0 saturated heterocycles. The second-order valence-corrected chi connectivity index (χ2v) is 5.85.